The second kappa shape index (κ2) is 15.2. The lowest BCUT2D eigenvalue weighted by molar-refractivity contribution is 0.683. The Labute approximate surface area is 381 Å². The fourth-order valence-electron chi connectivity index (χ4n) is 11.9. The molecule has 310 valence electrons. The Kier molecular flexibility index (Phi) is 8.88. The molecule has 0 aliphatic heterocycles. The largest absolute Gasteiger partial charge is 0.313 e. The molecule has 1 aromatic heterocycles. The normalized spacial score (nSPS) is 17.2. The molecule has 13 rings (SSSR count). The van der Waals surface area contributed by atoms with Gasteiger partial charge in [0.05, 0.1) is 16.6 Å². The van der Waals surface area contributed by atoms with Gasteiger partial charge in [-0.15, -0.1) is 0 Å². The van der Waals surface area contributed by atoms with E-state index >= 15 is 0 Å². The fourth-order valence-corrected chi connectivity index (χ4v) is 11.9. The van der Waals surface area contributed by atoms with Crippen LogP contribution in [0.15, 0.2) is 224 Å². The standard InChI is InChI=1S/C63H48N2/c1-4-19-46(20-5-1)63(47-21-6-2-7-22-47)56-29-14-12-26-53(56)61-52(28-16-30-57(61)63)44-36-39-49(40-37-44)64(50-41-38-45-35-34-43-18-10-11-25-51(43)55(45)42-50)59-32-17-33-60-62(59)54-27-13-15-31-58(54)65(60)48-23-8-3-9-24-48/h1,3-4,6,8-14,16-19,21-30,32-42H,2,5,7,15,20,31H2. The monoisotopic (exact) mass is 832 g/mol. The van der Waals surface area contributed by atoms with Crippen molar-refractivity contribution < 1.29 is 0 Å². The molecule has 2 heteroatoms. The minimum absolute atomic E-state index is 0.316. The number of aromatic nitrogens is 1. The predicted molar refractivity (Wildman–Crippen MR) is 275 cm³/mol. The topological polar surface area (TPSA) is 8.17 Å². The molecule has 0 radical (unpaired) electrons. The number of hydrogen-bond acceptors (Lipinski definition) is 1. The summed E-state index contributed by atoms with van der Waals surface area (Å²) in [5.41, 5.74) is 19.1. The molecule has 0 bridgehead atoms. The zero-order chi connectivity index (χ0) is 42.9. The van der Waals surface area contributed by atoms with Crippen molar-refractivity contribution in [3.05, 3.63) is 246 Å². The lowest BCUT2D eigenvalue weighted by atomic mass is 9.64. The summed E-state index contributed by atoms with van der Waals surface area (Å²) >= 11 is 0. The van der Waals surface area contributed by atoms with Gasteiger partial charge in [-0.2, -0.15) is 0 Å². The number of anilines is 3. The van der Waals surface area contributed by atoms with E-state index in [1.165, 1.54) is 99.6 Å². The number of hydrogen-bond donors (Lipinski definition) is 0. The maximum atomic E-state index is 2.51. The quantitative estimate of drug-likeness (QED) is 0.145. The SMILES string of the molecule is C1=CCCC(C2(C3=CCCC=C3)c3ccccc3-c3c(-c4ccc(N(c5ccc6ccc7ccccc7c6c5)c5cccc6c5c5c(n6-c6ccccc6)CCC=C5)cc4)cccc32)=C1. The van der Waals surface area contributed by atoms with E-state index in [4.69, 9.17) is 0 Å². The first kappa shape index (κ1) is 37.8. The molecule has 0 saturated heterocycles. The highest BCUT2D eigenvalue weighted by atomic mass is 15.1. The molecule has 2 nitrogen and oxygen atoms in total. The first-order valence-corrected chi connectivity index (χ1v) is 23.4. The predicted octanol–water partition coefficient (Wildman–Crippen LogP) is 16.9. The van der Waals surface area contributed by atoms with E-state index in [0.29, 0.717) is 0 Å². The van der Waals surface area contributed by atoms with Crippen molar-refractivity contribution in [3.63, 3.8) is 0 Å². The minimum atomic E-state index is -0.316. The zero-order valence-electron chi connectivity index (χ0n) is 36.4. The molecule has 8 aromatic carbocycles. The van der Waals surface area contributed by atoms with Crippen LogP contribution in [0.5, 0.6) is 0 Å². The lowest BCUT2D eigenvalue weighted by Crippen LogP contribution is -2.31. The van der Waals surface area contributed by atoms with Gasteiger partial charge in [-0.05, 0) is 148 Å². The number of benzene rings is 8. The van der Waals surface area contributed by atoms with Crippen molar-refractivity contribution in [1.82, 2.24) is 4.57 Å². The van der Waals surface area contributed by atoms with Crippen LogP contribution in [0.1, 0.15) is 54.5 Å². The summed E-state index contributed by atoms with van der Waals surface area (Å²) in [6.07, 6.45) is 25.4. The highest BCUT2D eigenvalue weighted by Crippen LogP contribution is 2.60. The minimum Gasteiger partial charge on any atom is -0.313 e. The van der Waals surface area contributed by atoms with Gasteiger partial charge in [-0.3, -0.25) is 0 Å². The highest BCUT2D eigenvalue weighted by Gasteiger charge is 2.48. The van der Waals surface area contributed by atoms with Gasteiger partial charge in [0.25, 0.3) is 0 Å². The van der Waals surface area contributed by atoms with Gasteiger partial charge >= 0.3 is 0 Å². The molecule has 4 aliphatic carbocycles. The number of allylic oxidation sites excluding steroid dienone is 9. The summed E-state index contributed by atoms with van der Waals surface area (Å²) in [5, 5.41) is 6.29. The maximum absolute atomic E-state index is 2.51. The smallest absolute Gasteiger partial charge is 0.0673 e. The second-order valence-corrected chi connectivity index (χ2v) is 18.0. The Morgan fingerprint density at radius 1 is 0.523 bits per heavy atom. The van der Waals surface area contributed by atoms with Crippen LogP contribution in [0.25, 0.3) is 66.5 Å². The van der Waals surface area contributed by atoms with Gasteiger partial charge in [0, 0.05) is 33.7 Å². The summed E-state index contributed by atoms with van der Waals surface area (Å²) in [6.45, 7) is 0. The van der Waals surface area contributed by atoms with E-state index in [-0.39, 0.29) is 5.41 Å². The van der Waals surface area contributed by atoms with E-state index in [0.717, 1.165) is 49.9 Å². The molecular formula is C63H48N2. The molecule has 1 heterocycles. The molecule has 1 unspecified atom stereocenters. The lowest BCUT2D eigenvalue weighted by Gasteiger charge is -2.38. The average molecular weight is 833 g/mol. The van der Waals surface area contributed by atoms with Crippen molar-refractivity contribution >= 4 is 55.6 Å². The van der Waals surface area contributed by atoms with Crippen LogP contribution in [0.3, 0.4) is 0 Å². The third kappa shape index (κ3) is 5.80. The van der Waals surface area contributed by atoms with Crippen molar-refractivity contribution in [3.8, 4) is 27.9 Å². The van der Waals surface area contributed by atoms with Crippen molar-refractivity contribution in [2.75, 3.05) is 4.90 Å². The number of nitrogens with zero attached hydrogens (tertiary/aromatic N) is 2. The molecule has 0 spiro atoms. The van der Waals surface area contributed by atoms with Crippen molar-refractivity contribution in [2.45, 2.75) is 43.9 Å². The van der Waals surface area contributed by atoms with Crippen LogP contribution in [-0.4, -0.2) is 4.57 Å². The summed E-state index contributed by atoms with van der Waals surface area (Å²) in [6, 6.07) is 63.8. The Morgan fingerprint density at radius 3 is 2.12 bits per heavy atom. The van der Waals surface area contributed by atoms with Crippen LogP contribution in [0.2, 0.25) is 0 Å². The second-order valence-electron chi connectivity index (χ2n) is 18.0. The van der Waals surface area contributed by atoms with E-state index in [1.54, 1.807) is 0 Å². The molecule has 1 atom stereocenters. The third-order valence-electron chi connectivity index (χ3n) is 14.6. The van der Waals surface area contributed by atoms with Gasteiger partial charge in [0.2, 0.25) is 0 Å². The maximum Gasteiger partial charge on any atom is 0.0673 e. The third-order valence-corrected chi connectivity index (χ3v) is 14.6. The summed E-state index contributed by atoms with van der Waals surface area (Å²) in [4.78, 5) is 2.51. The molecule has 0 N–H and O–H groups in total. The summed E-state index contributed by atoms with van der Waals surface area (Å²) in [5.74, 6) is 0. The van der Waals surface area contributed by atoms with Gasteiger partial charge in [0.1, 0.15) is 0 Å². The van der Waals surface area contributed by atoms with Gasteiger partial charge in [-0.1, -0.05) is 176 Å². The van der Waals surface area contributed by atoms with E-state index in [9.17, 15) is 0 Å². The van der Waals surface area contributed by atoms with Crippen LogP contribution in [-0.2, 0) is 11.8 Å². The number of fused-ring (bicyclic) bond motifs is 9. The Morgan fingerprint density at radius 2 is 1.26 bits per heavy atom. The van der Waals surface area contributed by atoms with Crippen LogP contribution >= 0.6 is 0 Å². The van der Waals surface area contributed by atoms with E-state index < -0.39 is 0 Å². The number of para-hydroxylation sites is 1. The van der Waals surface area contributed by atoms with E-state index in [2.05, 4.69) is 228 Å². The fraction of sp³-hybridized carbons (Fsp3) is 0.111. The summed E-state index contributed by atoms with van der Waals surface area (Å²) in [7, 11) is 0. The molecule has 0 saturated carbocycles. The van der Waals surface area contributed by atoms with Crippen molar-refractivity contribution in [1.29, 1.82) is 0 Å². The Balaban J connectivity index is 1.02. The molecule has 0 fully saturated rings. The average Bonchev–Trinajstić information content (AvgIpc) is 3.89. The van der Waals surface area contributed by atoms with Crippen LogP contribution in [0, 0.1) is 0 Å². The molecule has 0 amide bonds. The summed E-state index contributed by atoms with van der Waals surface area (Å²) < 4.78 is 2.50. The zero-order valence-corrected chi connectivity index (χ0v) is 36.4. The molecular weight excluding hydrogens is 785 g/mol. The van der Waals surface area contributed by atoms with Gasteiger partial charge in [-0.25, -0.2) is 0 Å². The number of rotatable bonds is 7. The van der Waals surface area contributed by atoms with E-state index in [1.807, 2.05) is 0 Å². The molecule has 4 aliphatic rings. The van der Waals surface area contributed by atoms with Crippen molar-refractivity contribution in [2.24, 2.45) is 0 Å². The van der Waals surface area contributed by atoms with Gasteiger partial charge in [0.15, 0.2) is 0 Å². The van der Waals surface area contributed by atoms with Crippen LogP contribution in [0.4, 0.5) is 17.1 Å². The molecule has 65 heavy (non-hydrogen) atoms. The Bertz CT molecular complexity index is 3540. The van der Waals surface area contributed by atoms with Gasteiger partial charge < -0.3 is 9.47 Å². The first-order chi connectivity index (χ1) is 32.3. The van der Waals surface area contributed by atoms with Crippen LogP contribution < -0.4 is 4.90 Å². The molecule has 9 aromatic rings. The highest BCUT2D eigenvalue weighted by molar-refractivity contribution is 6.10. The first-order valence-electron chi connectivity index (χ1n) is 23.4. The Hall–Kier alpha value is -7.68.